The molecule has 21 heavy (non-hydrogen) atoms. The zero-order valence-corrected chi connectivity index (χ0v) is 11.0. The number of phenols is 1. The molecular weight excluding hydrogens is 266 g/mol. The summed E-state index contributed by atoms with van der Waals surface area (Å²) in [6.07, 6.45) is 1.34. The molecule has 102 valence electrons. The highest BCUT2D eigenvalue weighted by molar-refractivity contribution is 6.02. The van der Waals surface area contributed by atoms with E-state index in [1.54, 1.807) is 24.3 Å². The number of pyridine rings is 1. The van der Waals surface area contributed by atoms with Gasteiger partial charge in [-0.3, -0.25) is 9.59 Å². The molecule has 0 bridgehead atoms. The van der Waals surface area contributed by atoms with E-state index in [2.05, 4.69) is 4.98 Å². The van der Waals surface area contributed by atoms with E-state index >= 15 is 0 Å². The smallest absolute Gasteiger partial charge is 0.168 e. The van der Waals surface area contributed by atoms with Crippen LogP contribution in [-0.4, -0.2) is 22.7 Å². The molecule has 0 saturated heterocycles. The van der Waals surface area contributed by atoms with Crippen molar-refractivity contribution >= 4 is 23.3 Å². The lowest BCUT2D eigenvalue weighted by atomic mass is 10.0. The molecule has 0 atom stereocenters. The number of rotatable bonds is 3. The first-order valence-electron chi connectivity index (χ1n) is 6.36. The highest BCUT2D eigenvalue weighted by Crippen LogP contribution is 2.29. The van der Waals surface area contributed by atoms with E-state index in [4.69, 9.17) is 0 Å². The Morgan fingerprint density at radius 1 is 0.952 bits per heavy atom. The van der Waals surface area contributed by atoms with Crippen LogP contribution in [0.1, 0.15) is 20.8 Å². The van der Waals surface area contributed by atoms with Gasteiger partial charge in [-0.2, -0.15) is 0 Å². The van der Waals surface area contributed by atoms with Crippen molar-refractivity contribution in [3.05, 3.63) is 59.8 Å². The number of carbonyl (C=O) groups is 2. The molecule has 3 aromatic rings. The zero-order valence-electron chi connectivity index (χ0n) is 11.0. The number of fused-ring (bicyclic) bond motifs is 1. The molecule has 0 aliphatic rings. The van der Waals surface area contributed by atoms with E-state index in [9.17, 15) is 14.7 Å². The number of nitrogens with zero attached hydrogens (tertiary/aromatic N) is 1. The molecule has 1 N–H and O–H groups in total. The number of phenolic OH excluding ortho intramolecular Hbond substituents is 1. The summed E-state index contributed by atoms with van der Waals surface area (Å²) in [4.78, 5) is 26.1. The summed E-state index contributed by atoms with van der Waals surface area (Å²) >= 11 is 0. The lowest BCUT2D eigenvalue weighted by Crippen LogP contribution is -1.90. The van der Waals surface area contributed by atoms with Crippen LogP contribution in [0.25, 0.3) is 22.0 Å². The Morgan fingerprint density at radius 3 is 2.57 bits per heavy atom. The summed E-state index contributed by atoms with van der Waals surface area (Å²) in [5.74, 6) is -0.0358. The molecule has 1 aromatic heterocycles. The highest BCUT2D eigenvalue weighted by Gasteiger charge is 2.08. The standard InChI is InChI=1S/C17H11NO3/c19-9-13-2-1-3-16(18-13)12-4-6-14-11(8-12)5-7-17(21)15(14)10-20/h1-10,21H. The summed E-state index contributed by atoms with van der Waals surface area (Å²) in [6.45, 7) is 0. The van der Waals surface area contributed by atoms with Gasteiger partial charge in [0.1, 0.15) is 11.4 Å². The second kappa shape index (κ2) is 5.17. The summed E-state index contributed by atoms with van der Waals surface area (Å²) in [5, 5.41) is 11.2. The van der Waals surface area contributed by atoms with Crippen LogP contribution in [0, 0.1) is 0 Å². The quantitative estimate of drug-likeness (QED) is 0.746. The van der Waals surface area contributed by atoms with Crippen molar-refractivity contribution in [3.8, 4) is 17.0 Å². The van der Waals surface area contributed by atoms with Gasteiger partial charge >= 0.3 is 0 Å². The highest BCUT2D eigenvalue weighted by atomic mass is 16.3. The largest absolute Gasteiger partial charge is 0.507 e. The van der Waals surface area contributed by atoms with E-state index < -0.39 is 0 Å². The first-order chi connectivity index (χ1) is 10.2. The fraction of sp³-hybridized carbons (Fsp3) is 0. The fourth-order valence-electron chi connectivity index (χ4n) is 2.30. The molecule has 0 fully saturated rings. The molecular formula is C17H11NO3. The normalized spacial score (nSPS) is 10.5. The second-order valence-electron chi connectivity index (χ2n) is 4.62. The summed E-state index contributed by atoms with van der Waals surface area (Å²) in [5.41, 5.74) is 2.16. The van der Waals surface area contributed by atoms with E-state index in [1.165, 1.54) is 6.07 Å². The van der Waals surface area contributed by atoms with Crippen molar-refractivity contribution < 1.29 is 14.7 Å². The Morgan fingerprint density at radius 2 is 1.81 bits per heavy atom. The second-order valence-corrected chi connectivity index (χ2v) is 4.62. The molecule has 0 spiro atoms. The monoisotopic (exact) mass is 277 g/mol. The van der Waals surface area contributed by atoms with Crippen LogP contribution in [0.3, 0.4) is 0 Å². The van der Waals surface area contributed by atoms with Gasteiger partial charge in [-0.1, -0.05) is 24.3 Å². The van der Waals surface area contributed by atoms with Crippen molar-refractivity contribution in [1.82, 2.24) is 4.98 Å². The van der Waals surface area contributed by atoms with Crippen molar-refractivity contribution in [3.63, 3.8) is 0 Å². The molecule has 4 heteroatoms. The first kappa shape index (κ1) is 13.0. The molecule has 0 saturated carbocycles. The van der Waals surface area contributed by atoms with Gasteiger partial charge in [0.05, 0.1) is 11.3 Å². The predicted octanol–water partition coefficient (Wildman–Crippen LogP) is 3.23. The van der Waals surface area contributed by atoms with Gasteiger partial charge < -0.3 is 5.11 Å². The predicted molar refractivity (Wildman–Crippen MR) is 79.6 cm³/mol. The number of hydrogen-bond donors (Lipinski definition) is 1. The molecule has 0 unspecified atom stereocenters. The maximum atomic E-state index is 11.1. The van der Waals surface area contributed by atoms with Crippen molar-refractivity contribution in [1.29, 1.82) is 0 Å². The van der Waals surface area contributed by atoms with E-state index in [1.807, 2.05) is 18.2 Å². The third-order valence-corrected chi connectivity index (χ3v) is 3.34. The van der Waals surface area contributed by atoms with Crippen LogP contribution in [0.2, 0.25) is 0 Å². The number of aldehydes is 2. The Hall–Kier alpha value is -3.01. The lowest BCUT2D eigenvalue weighted by Gasteiger charge is -2.07. The molecule has 0 aliphatic heterocycles. The molecule has 0 amide bonds. The summed E-state index contributed by atoms with van der Waals surface area (Å²) in [6, 6.07) is 13.9. The molecule has 1 heterocycles. The number of aromatic nitrogens is 1. The van der Waals surface area contributed by atoms with Gasteiger partial charge in [0.2, 0.25) is 0 Å². The van der Waals surface area contributed by atoms with Gasteiger partial charge in [0, 0.05) is 5.56 Å². The Bertz CT molecular complexity index is 856. The average Bonchev–Trinajstić information content (AvgIpc) is 2.54. The topological polar surface area (TPSA) is 67.3 Å². The fourth-order valence-corrected chi connectivity index (χ4v) is 2.30. The minimum Gasteiger partial charge on any atom is -0.507 e. The molecule has 2 aromatic carbocycles. The van der Waals surface area contributed by atoms with Crippen LogP contribution in [0.4, 0.5) is 0 Å². The maximum Gasteiger partial charge on any atom is 0.168 e. The number of carbonyl (C=O) groups excluding carboxylic acids is 2. The minimum atomic E-state index is -0.0358. The van der Waals surface area contributed by atoms with E-state index in [0.29, 0.717) is 29.3 Å². The number of aromatic hydroxyl groups is 1. The molecule has 0 aliphatic carbocycles. The SMILES string of the molecule is O=Cc1cccc(-c2ccc3c(C=O)c(O)ccc3c2)n1. The number of benzene rings is 2. The summed E-state index contributed by atoms with van der Waals surface area (Å²) in [7, 11) is 0. The van der Waals surface area contributed by atoms with Crippen LogP contribution >= 0.6 is 0 Å². The maximum absolute atomic E-state index is 11.1. The van der Waals surface area contributed by atoms with E-state index in [-0.39, 0.29) is 11.3 Å². The van der Waals surface area contributed by atoms with E-state index in [0.717, 1.165) is 10.9 Å². The van der Waals surface area contributed by atoms with Crippen LogP contribution < -0.4 is 0 Å². The first-order valence-corrected chi connectivity index (χ1v) is 6.36. The Kier molecular flexibility index (Phi) is 3.20. The van der Waals surface area contributed by atoms with Gasteiger partial charge in [-0.15, -0.1) is 0 Å². The number of hydrogen-bond acceptors (Lipinski definition) is 4. The third-order valence-electron chi connectivity index (χ3n) is 3.34. The summed E-state index contributed by atoms with van der Waals surface area (Å²) < 4.78 is 0. The van der Waals surface area contributed by atoms with Crippen LogP contribution in [-0.2, 0) is 0 Å². The minimum absolute atomic E-state index is 0.0358. The molecule has 3 rings (SSSR count). The lowest BCUT2D eigenvalue weighted by molar-refractivity contribution is 0.111. The van der Waals surface area contributed by atoms with Crippen molar-refractivity contribution in [2.45, 2.75) is 0 Å². The van der Waals surface area contributed by atoms with Crippen LogP contribution in [0.5, 0.6) is 5.75 Å². The molecule has 0 radical (unpaired) electrons. The Balaban J connectivity index is 2.19. The van der Waals surface area contributed by atoms with Gasteiger partial charge in [0.25, 0.3) is 0 Å². The molecule has 4 nitrogen and oxygen atoms in total. The van der Waals surface area contributed by atoms with Crippen LogP contribution in [0.15, 0.2) is 48.5 Å². The van der Waals surface area contributed by atoms with Gasteiger partial charge in [-0.25, -0.2) is 4.98 Å². The van der Waals surface area contributed by atoms with Crippen molar-refractivity contribution in [2.75, 3.05) is 0 Å². The van der Waals surface area contributed by atoms with Crippen molar-refractivity contribution in [2.24, 2.45) is 0 Å². The Labute approximate surface area is 120 Å². The zero-order chi connectivity index (χ0) is 14.8. The third kappa shape index (κ3) is 2.27. The average molecular weight is 277 g/mol. The van der Waals surface area contributed by atoms with Gasteiger partial charge in [0.15, 0.2) is 12.6 Å². The van der Waals surface area contributed by atoms with Gasteiger partial charge in [-0.05, 0) is 35.0 Å².